The first-order valence-corrected chi connectivity index (χ1v) is 5.45. The minimum atomic E-state index is -0.689. The van der Waals surface area contributed by atoms with Crippen molar-refractivity contribution in [3.63, 3.8) is 0 Å². The van der Waals surface area contributed by atoms with Crippen LogP contribution in [0.3, 0.4) is 0 Å². The lowest BCUT2D eigenvalue weighted by molar-refractivity contribution is -0.139. The number of aliphatic carboxylic acids is 1. The third-order valence-corrected chi connectivity index (χ3v) is 2.44. The molecule has 4 nitrogen and oxygen atoms in total. The normalized spacial score (nSPS) is 18.9. The Kier molecular flexibility index (Phi) is 4.11. The molecular formula is C11H21NO3. The van der Waals surface area contributed by atoms with Gasteiger partial charge in [-0.3, -0.25) is 4.79 Å². The lowest BCUT2D eigenvalue weighted by Crippen LogP contribution is -2.49. The van der Waals surface area contributed by atoms with Crippen LogP contribution in [0.5, 0.6) is 0 Å². The highest BCUT2D eigenvalue weighted by molar-refractivity contribution is 5.67. The monoisotopic (exact) mass is 215 g/mol. The molecule has 1 rings (SSSR count). The van der Waals surface area contributed by atoms with E-state index in [-0.39, 0.29) is 5.60 Å². The number of carboxylic acids is 1. The zero-order valence-corrected chi connectivity index (χ0v) is 9.82. The van der Waals surface area contributed by atoms with Crippen LogP contribution in [0.1, 0.15) is 27.2 Å². The second-order valence-electron chi connectivity index (χ2n) is 5.18. The van der Waals surface area contributed by atoms with Crippen molar-refractivity contribution < 1.29 is 14.6 Å². The topological polar surface area (TPSA) is 49.8 Å². The van der Waals surface area contributed by atoms with Gasteiger partial charge in [0.25, 0.3) is 0 Å². The number of hydrogen-bond acceptors (Lipinski definition) is 3. The molecule has 0 aliphatic carbocycles. The molecule has 15 heavy (non-hydrogen) atoms. The standard InChI is InChI=1S/C11H21NO3/c1-11(2,3)15-5-4-12-7-9(8-12)6-10(13)14/h9H,4-8H2,1-3H3,(H,13,14). The lowest BCUT2D eigenvalue weighted by Gasteiger charge is -2.38. The summed E-state index contributed by atoms with van der Waals surface area (Å²) in [6.07, 6.45) is 0.302. The minimum absolute atomic E-state index is 0.0780. The minimum Gasteiger partial charge on any atom is -0.481 e. The largest absolute Gasteiger partial charge is 0.481 e. The van der Waals surface area contributed by atoms with Crippen molar-refractivity contribution in [2.75, 3.05) is 26.2 Å². The van der Waals surface area contributed by atoms with E-state index in [1.807, 2.05) is 20.8 Å². The summed E-state index contributed by atoms with van der Waals surface area (Å²) in [5, 5.41) is 8.57. The van der Waals surface area contributed by atoms with Gasteiger partial charge in [0, 0.05) is 19.6 Å². The fourth-order valence-corrected chi connectivity index (χ4v) is 1.72. The van der Waals surface area contributed by atoms with Crippen LogP contribution in [0.4, 0.5) is 0 Å². The molecule has 0 unspecified atom stereocenters. The summed E-state index contributed by atoms with van der Waals surface area (Å²) in [5.74, 6) is -0.345. The zero-order valence-electron chi connectivity index (χ0n) is 9.82. The predicted molar refractivity (Wildman–Crippen MR) is 57.9 cm³/mol. The van der Waals surface area contributed by atoms with Gasteiger partial charge in [0.15, 0.2) is 0 Å². The van der Waals surface area contributed by atoms with E-state index in [9.17, 15) is 4.79 Å². The highest BCUT2D eigenvalue weighted by Gasteiger charge is 2.28. The number of carbonyl (C=O) groups is 1. The molecule has 4 heteroatoms. The average Bonchev–Trinajstić information content (AvgIpc) is 1.96. The van der Waals surface area contributed by atoms with Gasteiger partial charge in [0.05, 0.1) is 18.6 Å². The number of nitrogens with zero attached hydrogens (tertiary/aromatic N) is 1. The second kappa shape index (κ2) is 4.94. The Morgan fingerprint density at radius 2 is 2.07 bits per heavy atom. The van der Waals surface area contributed by atoms with E-state index in [2.05, 4.69) is 4.90 Å². The third kappa shape index (κ3) is 5.14. The summed E-state index contributed by atoms with van der Waals surface area (Å²) in [4.78, 5) is 12.6. The Bertz CT molecular complexity index is 216. The van der Waals surface area contributed by atoms with Gasteiger partial charge in [-0.25, -0.2) is 0 Å². The zero-order chi connectivity index (χ0) is 11.5. The van der Waals surface area contributed by atoms with Crippen molar-refractivity contribution in [2.45, 2.75) is 32.8 Å². The molecule has 1 aliphatic rings. The van der Waals surface area contributed by atoms with Crippen molar-refractivity contribution in [1.29, 1.82) is 0 Å². The van der Waals surface area contributed by atoms with Crippen LogP contribution in [-0.2, 0) is 9.53 Å². The van der Waals surface area contributed by atoms with Gasteiger partial charge in [-0.1, -0.05) is 0 Å². The first kappa shape index (κ1) is 12.5. The lowest BCUT2D eigenvalue weighted by atomic mass is 9.97. The van der Waals surface area contributed by atoms with E-state index >= 15 is 0 Å². The number of likely N-dealkylation sites (tertiary alicyclic amines) is 1. The summed E-state index contributed by atoms with van der Waals surface area (Å²) in [6, 6.07) is 0. The molecular weight excluding hydrogens is 194 g/mol. The van der Waals surface area contributed by atoms with Crippen molar-refractivity contribution in [3.05, 3.63) is 0 Å². The van der Waals surface area contributed by atoms with E-state index in [1.165, 1.54) is 0 Å². The molecule has 1 N–H and O–H groups in total. The Morgan fingerprint density at radius 3 is 2.53 bits per heavy atom. The van der Waals surface area contributed by atoms with Crippen LogP contribution in [0.25, 0.3) is 0 Å². The van der Waals surface area contributed by atoms with Gasteiger partial charge in [-0.05, 0) is 26.7 Å². The summed E-state index contributed by atoms with van der Waals surface area (Å²) in [7, 11) is 0. The summed E-state index contributed by atoms with van der Waals surface area (Å²) in [6.45, 7) is 9.55. The summed E-state index contributed by atoms with van der Waals surface area (Å²) in [5.41, 5.74) is -0.0780. The molecule has 0 aromatic heterocycles. The molecule has 1 aliphatic heterocycles. The van der Waals surface area contributed by atoms with Crippen LogP contribution < -0.4 is 0 Å². The molecule has 88 valence electrons. The first-order chi connectivity index (χ1) is 6.87. The average molecular weight is 215 g/mol. The molecule has 0 bridgehead atoms. The van der Waals surface area contributed by atoms with Crippen LogP contribution in [0, 0.1) is 5.92 Å². The van der Waals surface area contributed by atoms with Gasteiger partial charge in [0.1, 0.15) is 0 Å². The van der Waals surface area contributed by atoms with E-state index in [4.69, 9.17) is 9.84 Å². The Hall–Kier alpha value is -0.610. The second-order valence-corrected chi connectivity index (χ2v) is 5.18. The molecule has 1 heterocycles. The van der Waals surface area contributed by atoms with Crippen LogP contribution >= 0.6 is 0 Å². The Morgan fingerprint density at radius 1 is 1.47 bits per heavy atom. The highest BCUT2D eigenvalue weighted by atomic mass is 16.5. The maximum absolute atomic E-state index is 10.4. The van der Waals surface area contributed by atoms with Crippen molar-refractivity contribution in [3.8, 4) is 0 Å². The van der Waals surface area contributed by atoms with Crippen molar-refractivity contribution in [1.82, 2.24) is 4.90 Å². The quantitative estimate of drug-likeness (QED) is 0.749. The fraction of sp³-hybridized carbons (Fsp3) is 0.909. The predicted octanol–water partition coefficient (Wildman–Crippen LogP) is 1.21. The summed E-state index contributed by atoms with van der Waals surface area (Å²) < 4.78 is 5.59. The van der Waals surface area contributed by atoms with Gasteiger partial charge in [0.2, 0.25) is 0 Å². The number of ether oxygens (including phenoxy) is 1. The first-order valence-electron chi connectivity index (χ1n) is 5.45. The molecule has 1 fully saturated rings. The molecule has 1 saturated heterocycles. The highest BCUT2D eigenvalue weighted by Crippen LogP contribution is 2.18. The maximum Gasteiger partial charge on any atom is 0.303 e. The fourth-order valence-electron chi connectivity index (χ4n) is 1.72. The van der Waals surface area contributed by atoms with Crippen molar-refractivity contribution >= 4 is 5.97 Å². The van der Waals surface area contributed by atoms with E-state index in [1.54, 1.807) is 0 Å². The Labute approximate surface area is 91.2 Å². The van der Waals surface area contributed by atoms with Gasteiger partial charge in [-0.15, -0.1) is 0 Å². The molecule has 0 spiro atoms. The van der Waals surface area contributed by atoms with Crippen LogP contribution in [0.15, 0.2) is 0 Å². The summed E-state index contributed by atoms with van der Waals surface area (Å²) >= 11 is 0. The molecule has 0 radical (unpaired) electrons. The van der Waals surface area contributed by atoms with Gasteiger partial charge >= 0.3 is 5.97 Å². The molecule has 0 atom stereocenters. The molecule has 0 aromatic rings. The number of carboxylic acid groups (broad SMARTS) is 1. The molecule has 0 aromatic carbocycles. The molecule has 0 amide bonds. The van der Waals surface area contributed by atoms with E-state index in [0.29, 0.717) is 12.3 Å². The van der Waals surface area contributed by atoms with Gasteiger partial charge < -0.3 is 14.7 Å². The molecule has 0 saturated carbocycles. The number of hydrogen-bond donors (Lipinski definition) is 1. The van der Waals surface area contributed by atoms with E-state index < -0.39 is 5.97 Å². The van der Waals surface area contributed by atoms with Crippen molar-refractivity contribution in [2.24, 2.45) is 5.92 Å². The number of rotatable bonds is 5. The maximum atomic E-state index is 10.4. The smallest absolute Gasteiger partial charge is 0.303 e. The SMILES string of the molecule is CC(C)(C)OCCN1CC(CC(=O)O)C1. The van der Waals surface area contributed by atoms with Crippen LogP contribution in [0.2, 0.25) is 0 Å². The van der Waals surface area contributed by atoms with E-state index in [0.717, 1.165) is 26.2 Å². The third-order valence-electron chi connectivity index (χ3n) is 2.44. The van der Waals surface area contributed by atoms with Crippen LogP contribution in [-0.4, -0.2) is 47.8 Å². The Balaban J connectivity index is 2.01. The van der Waals surface area contributed by atoms with Gasteiger partial charge in [-0.2, -0.15) is 0 Å².